The van der Waals surface area contributed by atoms with Crippen LogP contribution in [0, 0.1) is 6.92 Å². The maximum absolute atomic E-state index is 14.1. The summed E-state index contributed by atoms with van der Waals surface area (Å²) in [5.74, 6) is -0.767. The number of nitrogens with one attached hydrogen (secondary N) is 1. The molecule has 0 aliphatic heterocycles. The van der Waals surface area contributed by atoms with Gasteiger partial charge in [-0.3, -0.25) is 13.9 Å². The standard InChI is InChI=1S/C30H36ClN3O4S/c1-5-22(3)32-30(36)27(6-2)33(20-24-14-9-7-10-15-24)29(35)21-34(28-19-13-18-26(31)23(28)4)39(37,38)25-16-11-8-12-17-25/h7-19,22,27H,5-6,20-21H2,1-4H3,(H,32,36)/t22-,27+/m0/s1. The number of carbonyl (C=O) groups is 2. The van der Waals surface area contributed by atoms with E-state index in [1.807, 2.05) is 51.1 Å². The Morgan fingerprint density at radius 2 is 1.51 bits per heavy atom. The lowest BCUT2D eigenvalue weighted by Gasteiger charge is -2.34. The molecule has 0 fully saturated rings. The van der Waals surface area contributed by atoms with Gasteiger partial charge in [-0.15, -0.1) is 0 Å². The Hall–Kier alpha value is -3.36. The minimum atomic E-state index is -4.14. The van der Waals surface area contributed by atoms with Gasteiger partial charge in [-0.05, 0) is 62.1 Å². The summed E-state index contributed by atoms with van der Waals surface area (Å²) >= 11 is 6.37. The van der Waals surface area contributed by atoms with Crippen molar-refractivity contribution in [2.45, 2.75) is 64.1 Å². The molecule has 1 N–H and O–H groups in total. The molecule has 208 valence electrons. The first kappa shape index (κ1) is 30.2. The second-order valence-corrected chi connectivity index (χ2v) is 11.7. The monoisotopic (exact) mass is 569 g/mol. The third kappa shape index (κ3) is 7.40. The molecule has 3 aromatic carbocycles. The zero-order valence-electron chi connectivity index (χ0n) is 22.8. The van der Waals surface area contributed by atoms with Crippen LogP contribution in [0.3, 0.4) is 0 Å². The first-order valence-electron chi connectivity index (χ1n) is 13.1. The van der Waals surface area contributed by atoms with Gasteiger partial charge in [0.05, 0.1) is 10.6 Å². The van der Waals surface area contributed by atoms with Crippen LogP contribution in [0.25, 0.3) is 0 Å². The van der Waals surface area contributed by atoms with Crippen LogP contribution in [0.4, 0.5) is 5.69 Å². The van der Waals surface area contributed by atoms with Gasteiger partial charge < -0.3 is 10.2 Å². The average molecular weight is 570 g/mol. The molecule has 9 heteroatoms. The van der Waals surface area contributed by atoms with Crippen LogP contribution in [-0.2, 0) is 26.2 Å². The summed E-state index contributed by atoms with van der Waals surface area (Å²) in [5, 5.41) is 3.36. The fourth-order valence-corrected chi connectivity index (χ4v) is 5.90. The molecule has 7 nitrogen and oxygen atoms in total. The quantitative estimate of drug-likeness (QED) is 0.309. The van der Waals surface area contributed by atoms with E-state index in [0.29, 0.717) is 22.7 Å². The van der Waals surface area contributed by atoms with E-state index < -0.39 is 28.5 Å². The summed E-state index contributed by atoms with van der Waals surface area (Å²) in [5.41, 5.74) is 1.66. The van der Waals surface area contributed by atoms with Crippen molar-refractivity contribution < 1.29 is 18.0 Å². The first-order valence-corrected chi connectivity index (χ1v) is 14.9. The molecular weight excluding hydrogens is 534 g/mol. The van der Waals surface area contributed by atoms with Gasteiger partial charge in [-0.2, -0.15) is 0 Å². The molecule has 39 heavy (non-hydrogen) atoms. The van der Waals surface area contributed by atoms with Crippen LogP contribution >= 0.6 is 11.6 Å². The summed E-state index contributed by atoms with van der Waals surface area (Å²) in [4.78, 5) is 28.9. The summed E-state index contributed by atoms with van der Waals surface area (Å²) in [6.07, 6.45) is 1.11. The maximum atomic E-state index is 14.1. The van der Waals surface area contributed by atoms with Crippen LogP contribution in [0.1, 0.15) is 44.7 Å². The molecule has 0 aromatic heterocycles. The highest BCUT2D eigenvalue weighted by molar-refractivity contribution is 7.92. The third-order valence-electron chi connectivity index (χ3n) is 6.70. The summed E-state index contributed by atoms with van der Waals surface area (Å²) in [6.45, 7) is 7.08. The Kier molecular flexibility index (Phi) is 10.5. The van der Waals surface area contributed by atoms with Crippen molar-refractivity contribution >= 4 is 39.1 Å². The fraction of sp³-hybridized carbons (Fsp3) is 0.333. The lowest BCUT2D eigenvalue weighted by Crippen LogP contribution is -2.53. The number of hydrogen-bond donors (Lipinski definition) is 1. The zero-order chi connectivity index (χ0) is 28.6. The summed E-state index contributed by atoms with van der Waals surface area (Å²) in [6, 6.07) is 21.4. The van der Waals surface area contributed by atoms with Gasteiger partial charge in [0.15, 0.2) is 0 Å². The molecule has 0 aliphatic rings. The second kappa shape index (κ2) is 13.6. The van der Waals surface area contributed by atoms with E-state index in [2.05, 4.69) is 5.32 Å². The molecule has 0 spiro atoms. The number of benzene rings is 3. The van der Waals surface area contributed by atoms with Crippen molar-refractivity contribution in [3.8, 4) is 0 Å². The average Bonchev–Trinajstić information content (AvgIpc) is 2.94. The van der Waals surface area contributed by atoms with E-state index in [0.717, 1.165) is 16.3 Å². The highest BCUT2D eigenvalue weighted by Crippen LogP contribution is 2.31. The van der Waals surface area contributed by atoms with E-state index >= 15 is 0 Å². The Labute approximate surface area is 236 Å². The molecule has 0 aliphatic carbocycles. The van der Waals surface area contributed by atoms with Gasteiger partial charge in [0.1, 0.15) is 12.6 Å². The molecule has 0 unspecified atom stereocenters. The smallest absolute Gasteiger partial charge is 0.264 e. The van der Waals surface area contributed by atoms with Gasteiger partial charge in [0.2, 0.25) is 11.8 Å². The fourth-order valence-electron chi connectivity index (χ4n) is 4.24. The van der Waals surface area contributed by atoms with Crippen LogP contribution in [0.2, 0.25) is 5.02 Å². The number of sulfonamides is 1. The van der Waals surface area contributed by atoms with Gasteiger partial charge in [0.25, 0.3) is 10.0 Å². The maximum Gasteiger partial charge on any atom is 0.264 e. The Morgan fingerprint density at radius 3 is 2.10 bits per heavy atom. The van der Waals surface area contributed by atoms with Crippen molar-refractivity contribution in [3.63, 3.8) is 0 Å². The predicted molar refractivity (Wildman–Crippen MR) is 156 cm³/mol. The Bertz CT molecular complexity index is 1370. The molecule has 3 rings (SSSR count). The number of hydrogen-bond acceptors (Lipinski definition) is 4. The van der Waals surface area contributed by atoms with Crippen molar-refractivity contribution in [1.82, 2.24) is 10.2 Å². The molecular formula is C30H36ClN3O4S. The van der Waals surface area contributed by atoms with E-state index in [4.69, 9.17) is 11.6 Å². The molecule has 0 saturated carbocycles. The predicted octanol–water partition coefficient (Wildman–Crippen LogP) is 5.57. The summed E-state index contributed by atoms with van der Waals surface area (Å²) in [7, 11) is -4.14. The molecule has 3 aromatic rings. The topological polar surface area (TPSA) is 86.8 Å². The normalized spacial score (nSPS) is 12.8. The van der Waals surface area contributed by atoms with E-state index in [9.17, 15) is 18.0 Å². The van der Waals surface area contributed by atoms with E-state index in [1.54, 1.807) is 43.3 Å². The van der Waals surface area contributed by atoms with Crippen molar-refractivity contribution in [1.29, 1.82) is 0 Å². The number of amides is 2. The Balaban J connectivity index is 2.08. The largest absolute Gasteiger partial charge is 0.352 e. The molecule has 0 saturated heterocycles. The molecule has 2 amide bonds. The van der Waals surface area contributed by atoms with Crippen LogP contribution < -0.4 is 9.62 Å². The van der Waals surface area contributed by atoms with Gasteiger partial charge in [-0.25, -0.2) is 8.42 Å². The number of halogens is 1. The minimum absolute atomic E-state index is 0.0494. The minimum Gasteiger partial charge on any atom is -0.352 e. The highest BCUT2D eigenvalue weighted by Gasteiger charge is 2.34. The zero-order valence-corrected chi connectivity index (χ0v) is 24.4. The van der Waals surface area contributed by atoms with Gasteiger partial charge in [0, 0.05) is 17.6 Å². The van der Waals surface area contributed by atoms with E-state index in [-0.39, 0.29) is 23.4 Å². The lowest BCUT2D eigenvalue weighted by atomic mass is 10.1. The third-order valence-corrected chi connectivity index (χ3v) is 8.88. The van der Waals surface area contributed by atoms with Crippen LogP contribution in [0.5, 0.6) is 0 Å². The van der Waals surface area contributed by atoms with E-state index in [1.165, 1.54) is 17.0 Å². The Morgan fingerprint density at radius 1 is 0.897 bits per heavy atom. The number of carbonyl (C=O) groups excluding carboxylic acids is 2. The SMILES string of the molecule is CC[C@H](C(=O)N[C@@H](C)CC)N(Cc1ccccc1)C(=O)CN(c1cccc(Cl)c1C)S(=O)(=O)c1ccccc1. The van der Waals surface area contributed by atoms with Gasteiger partial charge in [-0.1, -0.05) is 80.0 Å². The second-order valence-electron chi connectivity index (χ2n) is 9.46. The van der Waals surface area contributed by atoms with Crippen LogP contribution in [-0.4, -0.2) is 43.8 Å². The summed E-state index contributed by atoms with van der Waals surface area (Å²) < 4.78 is 28.9. The number of nitrogens with zero attached hydrogens (tertiary/aromatic N) is 2. The highest BCUT2D eigenvalue weighted by atomic mass is 35.5. The van der Waals surface area contributed by atoms with Crippen molar-refractivity contribution in [2.24, 2.45) is 0 Å². The van der Waals surface area contributed by atoms with Crippen molar-refractivity contribution in [2.75, 3.05) is 10.8 Å². The van der Waals surface area contributed by atoms with Crippen LogP contribution in [0.15, 0.2) is 83.8 Å². The number of anilines is 1. The number of rotatable bonds is 12. The lowest BCUT2D eigenvalue weighted by molar-refractivity contribution is -0.140. The molecule has 0 heterocycles. The van der Waals surface area contributed by atoms with Crippen molar-refractivity contribution in [3.05, 3.63) is 95.0 Å². The first-order chi connectivity index (χ1) is 18.6. The molecule has 2 atom stereocenters. The van der Waals surface area contributed by atoms with Gasteiger partial charge >= 0.3 is 0 Å². The molecule has 0 radical (unpaired) electrons. The molecule has 0 bridgehead atoms.